The molecule has 0 fully saturated rings. The predicted octanol–water partition coefficient (Wildman–Crippen LogP) is 2.69. The van der Waals surface area contributed by atoms with Crippen molar-refractivity contribution >= 4 is 21.4 Å². The average Bonchev–Trinajstić information content (AvgIpc) is 2.56. The third kappa shape index (κ3) is 4.13. The van der Waals surface area contributed by atoms with Crippen LogP contribution in [-0.4, -0.2) is 19.1 Å². The SMILES string of the molecule is CCC(=NNS(=O)(=O)c1ccc([N+](=O)[O-])cc1)c1ccccc1. The van der Waals surface area contributed by atoms with Crippen molar-refractivity contribution < 1.29 is 13.3 Å². The zero-order valence-electron chi connectivity index (χ0n) is 12.3. The summed E-state index contributed by atoms with van der Waals surface area (Å²) < 4.78 is 24.4. The van der Waals surface area contributed by atoms with Gasteiger partial charge in [0, 0.05) is 12.1 Å². The quantitative estimate of drug-likeness (QED) is 0.499. The molecule has 0 amide bonds. The van der Waals surface area contributed by atoms with E-state index in [9.17, 15) is 18.5 Å². The van der Waals surface area contributed by atoms with Crippen LogP contribution in [0.1, 0.15) is 18.9 Å². The third-order valence-electron chi connectivity index (χ3n) is 3.10. The lowest BCUT2D eigenvalue weighted by Crippen LogP contribution is -2.20. The van der Waals surface area contributed by atoms with Gasteiger partial charge >= 0.3 is 0 Å². The number of nitrogens with one attached hydrogen (secondary N) is 1. The Hall–Kier alpha value is -2.74. The van der Waals surface area contributed by atoms with Gasteiger partial charge in [0.25, 0.3) is 15.7 Å². The van der Waals surface area contributed by atoms with E-state index in [0.717, 1.165) is 17.7 Å². The third-order valence-corrected chi connectivity index (χ3v) is 4.32. The molecule has 0 saturated heterocycles. The number of rotatable bonds is 6. The monoisotopic (exact) mass is 333 g/mol. The van der Waals surface area contributed by atoms with E-state index in [4.69, 9.17) is 0 Å². The van der Waals surface area contributed by atoms with Crippen LogP contribution in [0.5, 0.6) is 0 Å². The highest BCUT2D eigenvalue weighted by atomic mass is 32.2. The second-order valence-corrected chi connectivity index (χ2v) is 6.28. The maximum Gasteiger partial charge on any atom is 0.276 e. The summed E-state index contributed by atoms with van der Waals surface area (Å²) in [6.45, 7) is 1.87. The normalized spacial score (nSPS) is 12.0. The minimum atomic E-state index is -3.88. The van der Waals surface area contributed by atoms with Crippen molar-refractivity contribution in [3.8, 4) is 0 Å². The van der Waals surface area contributed by atoms with E-state index >= 15 is 0 Å². The van der Waals surface area contributed by atoms with E-state index in [0.29, 0.717) is 12.1 Å². The molecule has 0 aliphatic heterocycles. The van der Waals surface area contributed by atoms with Gasteiger partial charge in [-0.2, -0.15) is 18.4 Å². The minimum absolute atomic E-state index is 0.0876. The Labute approximate surface area is 133 Å². The summed E-state index contributed by atoms with van der Waals surface area (Å²) in [7, 11) is -3.88. The molecule has 2 aromatic rings. The van der Waals surface area contributed by atoms with Gasteiger partial charge in [0.05, 0.1) is 15.5 Å². The molecular formula is C15H15N3O4S. The van der Waals surface area contributed by atoms with Gasteiger partial charge in [-0.15, -0.1) is 0 Å². The molecule has 120 valence electrons. The number of benzene rings is 2. The fourth-order valence-electron chi connectivity index (χ4n) is 1.89. The topological polar surface area (TPSA) is 102 Å². The molecule has 0 unspecified atom stereocenters. The lowest BCUT2D eigenvalue weighted by molar-refractivity contribution is -0.384. The van der Waals surface area contributed by atoms with Gasteiger partial charge in [-0.3, -0.25) is 10.1 Å². The standard InChI is InChI=1S/C15H15N3O4S/c1-2-15(12-6-4-3-5-7-12)16-17-23(21,22)14-10-8-13(9-11-14)18(19)20/h3-11,17H,2H2,1H3. The Morgan fingerprint density at radius 3 is 2.26 bits per heavy atom. The molecule has 0 heterocycles. The van der Waals surface area contributed by atoms with Crippen LogP contribution in [0.25, 0.3) is 0 Å². The largest absolute Gasteiger partial charge is 0.276 e. The van der Waals surface area contributed by atoms with Crippen molar-refractivity contribution in [1.82, 2.24) is 4.83 Å². The summed E-state index contributed by atoms with van der Waals surface area (Å²) in [5.74, 6) is 0. The first-order chi connectivity index (χ1) is 10.9. The zero-order chi connectivity index (χ0) is 16.9. The summed E-state index contributed by atoms with van der Waals surface area (Å²) in [5, 5.41) is 14.6. The van der Waals surface area contributed by atoms with E-state index in [1.165, 1.54) is 12.1 Å². The van der Waals surface area contributed by atoms with E-state index in [1.807, 2.05) is 37.3 Å². The molecule has 0 bridgehead atoms. The minimum Gasteiger partial charge on any atom is -0.258 e. The molecular weight excluding hydrogens is 318 g/mol. The molecule has 0 spiro atoms. The van der Waals surface area contributed by atoms with Crippen LogP contribution in [0.3, 0.4) is 0 Å². The van der Waals surface area contributed by atoms with E-state index in [1.54, 1.807) is 0 Å². The van der Waals surface area contributed by atoms with Crippen molar-refractivity contribution in [3.63, 3.8) is 0 Å². The highest BCUT2D eigenvalue weighted by Gasteiger charge is 2.15. The first kappa shape index (κ1) is 16.6. The molecule has 0 saturated carbocycles. The highest BCUT2D eigenvalue weighted by Crippen LogP contribution is 2.15. The Balaban J connectivity index is 2.23. The number of hydrogen-bond acceptors (Lipinski definition) is 5. The Kier molecular flexibility index (Phi) is 5.07. The van der Waals surface area contributed by atoms with Gasteiger partial charge in [-0.1, -0.05) is 37.3 Å². The second kappa shape index (κ2) is 7.01. The van der Waals surface area contributed by atoms with Gasteiger partial charge in [0.1, 0.15) is 0 Å². The van der Waals surface area contributed by atoms with Gasteiger partial charge in [-0.25, -0.2) is 0 Å². The lowest BCUT2D eigenvalue weighted by Gasteiger charge is -2.07. The van der Waals surface area contributed by atoms with Crippen molar-refractivity contribution in [2.75, 3.05) is 0 Å². The number of nitro groups is 1. The highest BCUT2D eigenvalue weighted by molar-refractivity contribution is 7.89. The molecule has 7 nitrogen and oxygen atoms in total. The fourth-order valence-corrected chi connectivity index (χ4v) is 2.72. The van der Waals surface area contributed by atoms with Gasteiger partial charge < -0.3 is 0 Å². The maximum absolute atomic E-state index is 12.2. The number of sulfonamides is 1. The van der Waals surface area contributed by atoms with Gasteiger partial charge in [0.15, 0.2) is 0 Å². The van der Waals surface area contributed by atoms with Crippen molar-refractivity contribution in [2.45, 2.75) is 18.2 Å². The first-order valence-corrected chi connectivity index (χ1v) is 8.30. The van der Waals surface area contributed by atoms with Gasteiger partial charge in [0.2, 0.25) is 0 Å². The molecule has 0 atom stereocenters. The van der Waals surface area contributed by atoms with Crippen molar-refractivity contribution in [3.05, 3.63) is 70.3 Å². The molecule has 8 heteroatoms. The number of hydrazone groups is 1. The van der Waals surface area contributed by atoms with E-state index in [-0.39, 0.29) is 10.6 Å². The van der Waals surface area contributed by atoms with Crippen molar-refractivity contribution in [2.24, 2.45) is 5.10 Å². The lowest BCUT2D eigenvalue weighted by atomic mass is 10.1. The first-order valence-electron chi connectivity index (χ1n) is 6.82. The molecule has 0 radical (unpaired) electrons. The number of nitro benzene ring substituents is 1. The average molecular weight is 333 g/mol. The van der Waals surface area contributed by atoms with E-state index < -0.39 is 14.9 Å². The van der Waals surface area contributed by atoms with Crippen LogP contribution in [-0.2, 0) is 10.0 Å². The van der Waals surface area contributed by atoms with Crippen LogP contribution < -0.4 is 4.83 Å². The summed E-state index contributed by atoms with van der Waals surface area (Å²) in [5.41, 5.74) is 1.24. The van der Waals surface area contributed by atoms with Crippen LogP contribution in [0.2, 0.25) is 0 Å². The number of hydrogen-bond donors (Lipinski definition) is 1. The molecule has 23 heavy (non-hydrogen) atoms. The van der Waals surface area contributed by atoms with Crippen LogP contribution >= 0.6 is 0 Å². The molecule has 2 aromatic carbocycles. The van der Waals surface area contributed by atoms with Crippen LogP contribution in [0.15, 0.2) is 64.6 Å². The molecule has 0 aliphatic rings. The summed E-state index contributed by atoms with van der Waals surface area (Å²) in [6.07, 6.45) is 0.548. The summed E-state index contributed by atoms with van der Waals surface area (Å²) >= 11 is 0. The summed E-state index contributed by atoms with van der Waals surface area (Å²) in [6, 6.07) is 13.8. The molecule has 0 aromatic heterocycles. The second-order valence-electron chi connectivity index (χ2n) is 4.62. The molecule has 1 N–H and O–H groups in total. The smallest absolute Gasteiger partial charge is 0.258 e. The predicted molar refractivity (Wildman–Crippen MR) is 86.7 cm³/mol. The molecule has 2 rings (SSSR count). The number of nitrogens with zero attached hydrogens (tertiary/aromatic N) is 2. The fraction of sp³-hybridized carbons (Fsp3) is 0.133. The van der Waals surface area contributed by atoms with Crippen LogP contribution in [0.4, 0.5) is 5.69 Å². The van der Waals surface area contributed by atoms with Crippen LogP contribution in [0, 0.1) is 10.1 Å². The Bertz CT molecular complexity index is 816. The van der Waals surface area contributed by atoms with Gasteiger partial charge in [-0.05, 0) is 24.1 Å². The Morgan fingerprint density at radius 2 is 1.74 bits per heavy atom. The number of non-ortho nitro benzene ring substituents is 1. The molecule has 0 aliphatic carbocycles. The maximum atomic E-state index is 12.2. The summed E-state index contributed by atoms with van der Waals surface area (Å²) in [4.78, 5) is 12.1. The van der Waals surface area contributed by atoms with E-state index in [2.05, 4.69) is 9.93 Å². The van der Waals surface area contributed by atoms with Crippen molar-refractivity contribution in [1.29, 1.82) is 0 Å². The zero-order valence-corrected chi connectivity index (χ0v) is 13.2. The Morgan fingerprint density at radius 1 is 1.13 bits per heavy atom.